The lowest BCUT2D eigenvalue weighted by atomic mass is 10.2. The number of ether oxygens (including phenoxy) is 1. The van der Waals surface area contributed by atoms with Crippen LogP contribution in [0.3, 0.4) is 0 Å². The molecule has 0 atom stereocenters. The van der Waals surface area contributed by atoms with Crippen molar-refractivity contribution in [3.8, 4) is 5.69 Å². The molecule has 0 saturated carbocycles. The van der Waals surface area contributed by atoms with Crippen LogP contribution >= 0.6 is 15.9 Å². The number of anilines is 1. The van der Waals surface area contributed by atoms with Crippen molar-refractivity contribution in [1.29, 1.82) is 0 Å². The zero-order chi connectivity index (χ0) is 13.3. The first-order chi connectivity index (χ1) is 8.52. The van der Waals surface area contributed by atoms with E-state index in [2.05, 4.69) is 25.8 Å². The molecule has 0 spiro atoms. The van der Waals surface area contributed by atoms with Crippen LogP contribution in [0.2, 0.25) is 0 Å². The van der Waals surface area contributed by atoms with E-state index in [0.29, 0.717) is 5.82 Å². The third-order valence-corrected chi connectivity index (χ3v) is 3.01. The second kappa shape index (κ2) is 4.81. The van der Waals surface area contributed by atoms with Gasteiger partial charge in [0.25, 0.3) is 0 Å². The largest absolute Gasteiger partial charge is 0.464 e. The number of halogens is 1. The smallest absolute Gasteiger partial charge is 0.358 e. The predicted molar refractivity (Wildman–Crippen MR) is 71.8 cm³/mol. The van der Waals surface area contributed by atoms with Gasteiger partial charge in [-0.1, -0.05) is 15.9 Å². The second-order valence-corrected chi connectivity index (χ2v) is 4.70. The third kappa shape index (κ3) is 2.24. The summed E-state index contributed by atoms with van der Waals surface area (Å²) in [5.74, 6) is -0.115. The maximum atomic E-state index is 11.4. The van der Waals surface area contributed by atoms with Gasteiger partial charge in [0.05, 0.1) is 12.8 Å². The van der Waals surface area contributed by atoms with Crippen LogP contribution in [0.5, 0.6) is 0 Å². The number of esters is 1. The molecule has 0 aliphatic heterocycles. The van der Waals surface area contributed by atoms with E-state index in [4.69, 9.17) is 5.73 Å². The molecule has 1 heterocycles. The summed E-state index contributed by atoms with van der Waals surface area (Å²) in [5, 5.41) is 4.14. The van der Waals surface area contributed by atoms with Crippen molar-refractivity contribution in [2.45, 2.75) is 6.92 Å². The number of nitrogens with two attached hydrogens (primary N) is 1. The number of aromatic nitrogens is 2. The normalized spacial score (nSPS) is 10.4. The number of rotatable bonds is 2. The summed E-state index contributed by atoms with van der Waals surface area (Å²) in [6, 6.07) is 7.21. The Bertz CT molecular complexity index is 607. The molecule has 94 valence electrons. The number of hydrogen-bond donors (Lipinski definition) is 1. The van der Waals surface area contributed by atoms with E-state index in [9.17, 15) is 4.79 Å². The molecule has 1 aromatic carbocycles. The highest BCUT2D eigenvalue weighted by Gasteiger charge is 2.14. The molecule has 0 radical (unpaired) electrons. The minimum Gasteiger partial charge on any atom is -0.464 e. The van der Waals surface area contributed by atoms with E-state index in [-0.39, 0.29) is 5.69 Å². The van der Waals surface area contributed by atoms with E-state index < -0.39 is 5.97 Å². The fourth-order valence-corrected chi connectivity index (χ4v) is 2.12. The number of methoxy groups -OCH3 is 1. The van der Waals surface area contributed by atoms with Gasteiger partial charge in [-0.15, -0.1) is 0 Å². The zero-order valence-electron chi connectivity index (χ0n) is 9.98. The van der Waals surface area contributed by atoms with Crippen molar-refractivity contribution in [3.63, 3.8) is 0 Å². The summed E-state index contributed by atoms with van der Waals surface area (Å²) >= 11 is 3.39. The Labute approximate surface area is 113 Å². The lowest BCUT2D eigenvalue weighted by molar-refractivity contribution is 0.0593. The highest BCUT2D eigenvalue weighted by Crippen LogP contribution is 2.22. The first-order valence-corrected chi connectivity index (χ1v) is 6.02. The van der Waals surface area contributed by atoms with E-state index in [1.807, 2.05) is 25.1 Å². The van der Waals surface area contributed by atoms with E-state index in [0.717, 1.165) is 15.7 Å². The molecule has 2 rings (SSSR count). The summed E-state index contributed by atoms with van der Waals surface area (Å²) in [5.41, 5.74) is 7.87. The highest BCUT2D eigenvalue weighted by molar-refractivity contribution is 9.10. The zero-order valence-corrected chi connectivity index (χ0v) is 11.6. The summed E-state index contributed by atoms with van der Waals surface area (Å²) in [7, 11) is 1.31. The average molecular weight is 310 g/mol. The molecule has 0 fully saturated rings. The first kappa shape index (κ1) is 12.6. The van der Waals surface area contributed by atoms with E-state index in [1.165, 1.54) is 17.9 Å². The molecule has 0 aliphatic carbocycles. The maximum absolute atomic E-state index is 11.4. The van der Waals surface area contributed by atoms with Gasteiger partial charge in [0, 0.05) is 10.5 Å². The van der Waals surface area contributed by atoms with Gasteiger partial charge in [-0.05, 0) is 30.7 Å². The standard InChI is InChI=1S/C12H12BrN3O2/c1-7-5-8(13)3-4-10(7)16-11(14)6-9(15-16)12(17)18-2/h3-6H,14H2,1-2H3. The van der Waals surface area contributed by atoms with Crippen molar-refractivity contribution in [2.75, 3.05) is 12.8 Å². The Morgan fingerprint density at radius 3 is 2.78 bits per heavy atom. The quantitative estimate of drug-likeness (QED) is 0.864. The summed E-state index contributed by atoms with van der Waals surface area (Å²) in [6.07, 6.45) is 0. The van der Waals surface area contributed by atoms with Gasteiger partial charge in [-0.25, -0.2) is 9.48 Å². The lowest BCUT2D eigenvalue weighted by Crippen LogP contribution is -2.06. The molecular formula is C12H12BrN3O2. The Hall–Kier alpha value is -1.82. The number of benzene rings is 1. The molecule has 0 amide bonds. The van der Waals surface area contributed by atoms with Gasteiger partial charge in [0.2, 0.25) is 0 Å². The average Bonchev–Trinajstić information content (AvgIpc) is 2.70. The van der Waals surface area contributed by atoms with Crippen molar-refractivity contribution >= 4 is 27.7 Å². The Morgan fingerprint density at radius 1 is 1.44 bits per heavy atom. The van der Waals surface area contributed by atoms with E-state index in [1.54, 1.807) is 0 Å². The van der Waals surface area contributed by atoms with Crippen molar-refractivity contribution in [3.05, 3.63) is 40.0 Å². The molecule has 0 bridgehead atoms. The van der Waals surface area contributed by atoms with Gasteiger partial charge in [0.1, 0.15) is 5.82 Å². The minimum atomic E-state index is -0.504. The molecular weight excluding hydrogens is 298 g/mol. The fraction of sp³-hybridized carbons (Fsp3) is 0.167. The van der Waals surface area contributed by atoms with E-state index >= 15 is 0 Å². The summed E-state index contributed by atoms with van der Waals surface area (Å²) in [6.45, 7) is 1.94. The minimum absolute atomic E-state index is 0.192. The molecule has 0 saturated heterocycles. The SMILES string of the molecule is COC(=O)c1cc(N)n(-c2ccc(Br)cc2C)n1. The molecule has 18 heavy (non-hydrogen) atoms. The number of nitrogens with zero attached hydrogens (tertiary/aromatic N) is 2. The van der Waals surface area contributed by atoms with Crippen LogP contribution in [0.4, 0.5) is 5.82 Å². The Morgan fingerprint density at radius 2 is 2.17 bits per heavy atom. The number of aryl methyl sites for hydroxylation is 1. The third-order valence-electron chi connectivity index (χ3n) is 2.52. The number of hydrogen-bond acceptors (Lipinski definition) is 4. The molecule has 1 aromatic heterocycles. The predicted octanol–water partition coefficient (Wildman–Crippen LogP) is 2.31. The summed E-state index contributed by atoms with van der Waals surface area (Å²) < 4.78 is 7.11. The molecule has 6 heteroatoms. The summed E-state index contributed by atoms with van der Waals surface area (Å²) in [4.78, 5) is 11.4. The van der Waals surface area contributed by atoms with Crippen LogP contribution in [0.1, 0.15) is 16.1 Å². The van der Waals surface area contributed by atoms with Gasteiger partial charge in [0.15, 0.2) is 5.69 Å². The van der Waals surface area contributed by atoms with Crippen LogP contribution in [-0.2, 0) is 4.74 Å². The second-order valence-electron chi connectivity index (χ2n) is 3.79. The monoisotopic (exact) mass is 309 g/mol. The molecule has 2 aromatic rings. The fourth-order valence-electron chi connectivity index (χ4n) is 1.65. The molecule has 0 unspecified atom stereocenters. The number of nitrogen functional groups attached to an aromatic ring is 1. The van der Waals surface area contributed by atoms with Crippen molar-refractivity contribution in [2.24, 2.45) is 0 Å². The van der Waals surface area contributed by atoms with Crippen LogP contribution in [0, 0.1) is 6.92 Å². The van der Waals surface area contributed by atoms with Gasteiger partial charge in [-0.2, -0.15) is 5.10 Å². The number of carbonyl (C=O) groups is 1. The lowest BCUT2D eigenvalue weighted by Gasteiger charge is -2.07. The van der Waals surface area contributed by atoms with Crippen LogP contribution in [-0.4, -0.2) is 22.9 Å². The van der Waals surface area contributed by atoms with Crippen molar-refractivity contribution in [1.82, 2.24) is 9.78 Å². The van der Waals surface area contributed by atoms with Crippen molar-refractivity contribution < 1.29 is 9.53 Å². The maximum Gasteiger partial charge on any atom is 0.358 e. The Kier molecular flexibility index (Phi) is 3.38. The molecule has 5 nitrogen and oxygen atoms in total. The van der Waals surface area contributed by atoms with Gasteiger partial charge < -0.3 is 10.5 Å². The highest BCUT2D eigenvalue weighted by atomic mass is 79.9. The molecule has 2 N–H and O–H groups in total. The van der Waals surface area contributed by atoms with Crippen LogP contribution in [0.15, 0.2) is 28.7 Å². The van der Waals surface area contributed by atoms with Crippen LogP contribution in [0.25, 0.3) is 5.69 Å². The number of carbonyl (C=O) groups excluding carboxylic acids is 1. The Balaban J connectivity index is 2.51. The van der Waals surface area contributed by atoms with Gasteiger partial charge in [-0.3, -0.25) is 0 Å². The van der Waals surface area contributed by atoms with Crippen LogP contribution < -0.4 is 5.73 Å². The first-order valence-electron chi connectivity index (χ1n) is 5.23. The topological polar surface area (TPSA) is 70.1 Å². The molecule has 0 aliphatic rings. The van der Waals surface area contributed by atoms with Gasteiger partial charge >= 0.3 is 5.97 Å².